The molecular formula is C20H16F2N4O2. The van der Waals surface area contributed by atoms with E-state index in [1.54, 1.807) is 24.3 Å². The third-order valence-corrected chi connectivity index (χ3v) is 4.31. The highest BCUT2D eigenvalue weighted by Crippen LogP contribution is 2.26. The predicted molar refractivity (Wildman–Crippen MR) is 100.0 cm³/mol. The van der Waals surface area contributed by atoms with Gasteiger partial charge in [-0.15, -0.1) is 0 Å². The van der Waals surface area contributed by atoms with Crippen LogP contribution in [0.25, 0.3) is 22.3 Å². The molecule has 0 fully saturated rings. The van der Waals surface area contributed by atoms with E-state index in [0.29, 0.717) is 33.9 Å². The zero-order valence-corrected chi connectivity index (χ0v) is 15.1. The average molecular weight is 382 g/mol. The van der Waals surface area contributed by atoms with Crippen LogP contribution in [0, 0.1) is 11.6 Å². The van der Waals surface area contributed by atoms with E-state index in [1.807, 2.05) is 13.8 Å². The highest BCUT2D eigenvalue weighted by Gasteiger charge is 2.14. The molecule has 2 aromatic carbocycles. The SMILES string of the molecule is CC(C)c1nc(-c2ccc(C(=O)Nc3c[nH]c4cc(F)c(F)cc34)cc2)no1. The lowest BCUT2D eigenvalue weighted by Gasteiger charge is -2.05. The van der Waals surface area contributed by atoms with Gasteiger partial charge in [0.1, 0.15) is 0 Å². The number of anilines is 1. The minimum Gasteiger partial charge on any atom is -0.359 e. The van der Waals surface area contributed by atoms with E-state index in [4.69, 9.17) is 4.52 Å². The molecule has 6 nitrogen and oxygen atoms in total. The number of fused-ring (bicyclic) bond motifs is 1. The smallest absolute Gasteiger partial charge is 0.255 e. The molecule has 1 amide bonds. The van der Waals surface area contributed by atoms with E-state index in [9.17, 15) is 13.6 Å². The van der Waals surface area contributed by atoms with Crippen LogP contribution in [0.3, 0.4) is 0 Å². The van der Waals surface area contributed by atoms with Gasteiger partial charge in [-0.05, 0) is 18.2 Å². The van der Waals surface area contributed by atoms with Crippen molar-refractivity contribution in [2.45, 2.75) is 19.8 Å². The van der Waals surface area contributed by atoms with E-state index < -0.39 is 11.6 Å². The average Bonchev–Trinajstić information content (AvgIpc) is 3.31. The summed E-state index contributed by atoms with van der Waals surface area (Å²) in [5, 5.41) is 7.02. The zero-order chi connectivity index (χ0) is 19.8. The zero-order valence-electron chi connectivity index (χ0n) is 15.1. The Morgan fingerprint density at radius 1 is 1.14 bits per heavy atom. The first-order valence-electron chi connectivity index (χ1n) is 8.64. The summed E-state index contributed by atoms with van der Waals surface area (Å²) in [5.74, 6) is -1.20. The van der Waals surface area contributed by atoms with Crippen molar-refractivity contribution in [3.63, 3.8) is 0 Å². The Bertz CT molecular complexity index is 1160. The molecule has 0 aliphatic carbocycles. The number of nitrogens with one attached hydrogen (secondary N) is 2. The van der Waals surface area contributed by atoms with E-state index in [2.05, 4.69) is 20.4 Å². The lowest BCUT2D eigenvalue weighted by atomic mass is 10.1. The van der Waals surface area contributed by atoms with Crippen LogP contribution in [-0.2, 0) is 0 Å². The van der Waals surface area contributed by atoms with Crippen LogP contribution in [0.15, 0.2) is 47.1 Å². The van der Waals surface area contributed by atoms with Crippen molar-refractivity contribution in [3.05, 3.63) is 65.7 Å². The van der Waals surface area contributed by atoms with E-state index in [1.165, 1.54) is 6.20 Å². The number of aromatic amines is 1. The summed E-state index contributed by atoms with van der Waals surface area (Å²) >= 11 is 0. The van der Waals surface area contributed by atoms with Gasteiger partial charge in [0.05, 0.1) is 11.2 Å². The van der Waals surface area contributed by atoms with E-state index >= 15 is 0 Å². The highest BCUT2D eigenvalue weighted by molar-refractivity contribution is 6.09. The van der Waals surface area contributed by atoms with E-state index in [-0.39, 0.29) is 11.8 Å². The summed E-state index contributed by atoms with van der Waals surface area (Å²) < 4.78 is 32.0. The van der Waals surface area contributed by atoms with Crippen molar-refractivity contribution >= 4 is 22.5 Å². The number of hydrogen-bond acceptors (Lipinski definition) is 4. The number of hydrogen-bond donors (Lipinski definition) is 2. The number of nitrogens with zero attached hydrogens (tertiary/aromatic N) is 2. The van der Waals surface area contributed by atoms with Crippen LogP contribution in [-0.4, -0.2) is 21.0 Å². The Morgan fingerprint density at radius 2 is 1.86 bits per heavy atom. The largest absolute Gasteiger partial charge is 0.359 e. The molecule has 2 aromatic heterocycles. The molecule has 4 aromatic rings. The van der Waals surface area contributed by atoms with Crippen LogP contribution in [0.4, 0.5) is 14.5 Å². The maximum absolute atomic E-state index is 13.5. The van der Waals surface area contributed by atoms with Gasteiger partial charge in [0.25, 0.3) is 5.91 Å². The van der Waals surface area contributed by atoms with Gasteiger partial charge in [-0.3, -0.25) is 4.79 Å². The monoisotopic (exact) mass is 382 g/mol. The fraction of sp³-hybridized carbons (Fsp3) is 0.150. The molecule has 0 unspecified atom stereocenters. The first-order valence-corrected chi connectivity index (χ1v) is 8.64. The molecular weight excluding hydrogens is 366 g/mol. The molecule has 0 aliphatic rings. The molecule has 8 heteroatoms. The van der Waals surface area contributed by atoms with Crippen molar-refractivity contribution in [1.29, 1.82) is 0 Å². The van der Waals surface area contributed by atoms with Crippen molar-refractivity contribution < 1.29 is 18.1 Å². The number of carbonyl (C=O) groups excluding carboxylic acids is 1. The third kappa shape index (κ3) is 3.24. The third-order valence-electron chi connectivity index (χ3n) is 4.31. The van der Waals surface area contributed by atoms with Gasteiger partial charge >= 0.3 is 0 Å². The number of rotatable bonds is 4. The number of H-pyrrole nitrogens is 1. The van der Waals surface area contributed by atoms with Gasteiger partial charge in [0, 0.05) is 34.7 Å². The number of carbonyl (C=O) groups is 1. The lowest BCUT2D eigenvalue weighted by molar-refractivity contribution is 0.102. The molecule has 28 heavy (non-hydrogen) atoms. The number of halogens is 2. The molecule has 0 spiro atoms. The molecule has 2 N–H and O–H groups in total. The Hall–Kier alpha value is -3.55. The first-order chi connectivity index (χ1) is 13.4. The van der Waals surface area contributed by atoms with E-state index in [0.717, 1.165) is 17.7 Å². The summed E-state index contributed by atoms with van der Waals surface area (Å²) in [6, 6.07) is 8.78. The normalized spacial score (nSPS) is 11.3. The van der Waals surface area contributed by atoms with Crippen molar-refractivity contribution in [1.82, 2.24) is 15.1 Å². The maximum Gasteiger partial charge on any atom is 0.255 e. The Kier molecular flexibility index (Phi) is 4.38. The maximum atomic E-state index is 13.5. The molecule has 142 valence electrons. The molecule has 0 bridgehead atoms. The second-order valence-electron chi connectivity index (χ2n) is 6.66. The predicted octanol–water partition coefficient (Wildman–Crippen LogP) is 4.87. The topological polar surface area (TPSA) is 83.8 Å². The quantitative estimate of drug-likeness (QED) is 0.527. The second-order valence-corrected chi connectivity index (χ2v) is 6.66. The summed E-state index contributed by atoms with van der Waals surface area (Å²) in [6.45, 7) is 3.91. The minimum atomic E-state index is -0.979. The molecule has 2 heterocycles. The van der Waals surface area contributed by atoms with Crippen LogP contribution in [0.5, 0.6) is 0 Å². The molecule has 4 rings (SSSR count). The van der Waals surface area contributed by atoms with Crippen molar-refractivity contribution in [2.75, 3.05) is 5.32 Å². The molecule has 0 aliphatic heterocycles. The fourth-order valence-electron chi connectivity index (χ4n) is 2.77. The number of benzene rings is 2. The van der Waals surface area contributed by atoms with Gasteiger partial charge in [0.15, 0.2) is 11.6 Å². The Labute approximate surface area is 158 Å². The summed E-state index contributed by atoms with van der Waals surface area (Å²) in [4.78, 5) is 19.6. The Morgan fingerprint density at radius 3 is 2.54 bits per heavy atom. The van der Waals surface area contributed by atoms with Gasteiger partial charge < -0.3 is 14.8 Å². The first kappa shape index (κ1) is 17.8. The summed E-state index contributed by atoms with van der Waals surface area (Å²) in [6.07, 6.45) is 1.49. The number of amides is 1. The molecule has 0 saturated carbocycles. The lowest BCUT2D eigenvalue weighted by Crippen LogP contribution is -2.11. The second kappa shape index (κ2) is 6.88. The van der Waals surface area contributed by atoms with Gasteiger partial charge in [-0.25, -0.2) is 8.78 Å². The van der Waals surface area contributed by atoms with Gasteiger partial charge in [-0.2, -0.15) is 4.98 Å². The molecule has 0 saturated heterocycles. The molecule has 0 atom stereocenters. The molecule has 0 radical (unpaired) electrons. The summed E-state index contributed by atoms with van der Waals surface area (Å²) in [7, 11) is 0. The fourth-order valence-corrected chi connectivity index (χ4v) is 2.77. The summed E-state index contributed by atoms with van der Waals surface area (Å²) in [5.41, 5.74) is 1.87. The minimum absolute atomic E-state index is 0.126. The van der Waals surface area contributed by atoms with Gasteiger partial charge in [0.2, 0.25) is 11.7 Å². The van der Waals surface area contributed by atoms with Crippen LogP contribution in [0.1, 0.15) is 36.0 Å². The Balaban J connectivity index is 1.55. The van der Waals surface area contributed by atoms with Crippen LogP contribution in [0.2, 0.25) is 0 Å². The van der Waals surface area contributed by atoms with Crippen molar-refractivity contribution in [3.8, 4) is 11.4 Å². The highest BCUT2D eigenvalue weighted by atomic mass is 19.2. The number of aromatic nitrogens is 3. The van der Waals surface area contributed by atoms with Gasteiger partial charge in [-0.1, -0.05) is 31.1 Å². The van der Waals surface area contributed by atoms with Crippen molar-refractivity contribution in [2.24, 2.45) is 0 Å². The van der Waals surface area contributed by atoms with Crippen LogP contribution >= 0.6 is 0 Å². The standard InChI is InChI=1S/C20H16F2N4O2/c1-10(2)20-25-18(26-28-20)11-3-5-12(6-4-11)19(27)24-17-9-23-16-8-15(22)14(21)7-13(16)17/h3-10,23H,1-2H3,(H,24,27). The van der Waals surface area contributed by atoms with Crippen LogP contribution < -0.4 is 5.32 Å².